The Labute approximate surface area is 137 Å². The van der Waals surface area contributed by atoms with Crippen LogP contribution in [0.1, 0.15) is 55.4 Å². The highest BCUT2D eigenvalue weighted by molar-refractivity contribution is 9.11. The summed E-state index contributed by atoms with van der Waals surface area (Å²) in [6, 6.07) is 4.95. The van der Waals surface area contributed by atoms with Crippen LogP contribution in [0.5, 0.6) is 0 Å². The van der Waals surface area contributed by atoms with Crippen molar-refractivity contribution < 1.29 is 0 Å². The normalized spacial score (nSPS) is 18.0. The molecule has 0 aliphatic heterocycles. The van der Waals surface area contributed by atoms with Crippen LogP contribution < -0.4 is 11.3 Å². The van der Waals surface area contributed by atoms with Crippen LogP contribution in [0.4, 0.5) is 0 Å². The molecule has 21 heavy (non-hydrogen) atoms. The first-order valence-electron chi connectivity index (χ1n) is 7.50. The summed E-state index contributed by atoms with van der Waals surface area (Å²) >= 11 is 5.18. The van der Waals surface area contributed by atoms with E-state index in [4.69, 9.17) is 10.9 Å². The molecule has 0 spiro atoms. The zero-order valence-corrected chi connectivity index (χ0v) is 14.4. The van der Waals surface area contributed by atoms with Crippen LogP contribution in [-0.4, -0.2) is 9.78 Å². The summed E-state index contributed by atoms with van der Waals surface area (Å²) in [5.74, 6) is 5.72. The molecule has 1 aliphatic rings. The van der Waals surface area contributed by atoms with E-state index in [9.17, 15) is 0 Å². The van der Waals surface area contributed by atoms with Gasteiger partial charge in [0.05, 0.1) is 21.6 Å². The van der Waals surface area contributed by atoms with E-state index in [0.29, 0.717) is 6.04 Å². The molecule has 2 aromatic heterocycles. The fraction of sp³-hybridized carbons (Fsp3) is 0.533. The molecule has 1 fully saturated rings. The molecule has 0 radical (unpaired) electrons. The molecular weight excluding hydrogens is 348 g/mol. The molecule has 0 aromatic carbocycles. The predicted molar refractivity (Wildman–Crippen MR) is 90.1 cm³/mol. The number of hydrogen-bond acceptors (Lipinski definition) is 4. The topological polar surface area (TPSA) is 55.9 Å². The predicted octanol–water partition coefficient (Wildman–Crippen LogP) is 3.96. The van der Waals surface area contributed by atoms with Gasteiger partial charge in [-0.15, -0.1) is 11.3 Å². The maximum absolute atomic E-state index is 5.72. The minimum absolute atomic E-state index is 0.113. The molecule has 2 aromatic rings. The van der Waals surface area contributed by atoms with E-state index >= 15 is 0 Å². The number of rotatable bonds is 5. The quantitative estimate of drug-likeness (QED) is 0.620. The summed E-state index contributed by atoms with van der Waals surface area (Å²) < 4.78 is 3.29. The lowest BCUT2D eigenvalue weighted by molar-refractivity contribution is 0.327. The van der Waals surface area contributed by atoms with E-state index in [-0.39, 0.29) is 6.04 Å². The molecule has 0 bridgehead atoms. The van der Waals surface area contributed by atoms with Gasteiger partial charge in [-0.3, -0.25) is 16.0 Å². The Balaban J connectivity index is 1.68. The summed E-state index contributed by atoms with van der Waals surface area (Å²) in [6.45, 7) is 0. The Morgan fingerprint density at radius 2 is 2.24 bits per heavy atom. The molecule has 0 amide bonds. The average Bonchev–Trinajstić information content (AvgIpc) is 3.15. The van der Waals surface area contributed by atoms with Crippen molar-refractivity contribution in [1.82, 2.24) is 15.2 Å². The molecule has 1 aliphatic carbocycles. The van der Waals surface area contributed by atoms with Crippen molar-refractivity contribution in [3.8, 4) is 0 Å². The SMILES string of the molecule is NNC(Cc1ccn(C2CCCCC2)n1)c1csc(Br)c1. The highest BCUT2D eigenvalue weighted by atomic mass is 79.9. The molecule has 4 nitrogen and oxygen atoms in total. The Kier molecular flexibility index (Phi) is 5.11. The minimum atomic E-state index is 0.113. The van der Waals surface area contributed by atoms with Crippen molar-refractivity contribution in [3.05, 3.63) is 38.8 Å². The third kappa shape index (κ3) is 3.74. The molecule has 1 unspecified atom stereocenters. The number of aromatic nitrogens is 2. The van der Waals surface area contributed by atoms with E-state index in [2.05, 4.69) is 49.7 Å². The number of nitrogens with one attached hydrogen (secondary N) is 1. The van der Waals surface area contributed by atoms with Gasteiger partial charge in [0.2, 0.25) is 0 Å². The fourth-order valence-electron chi connectivity index (χ4n) is 3.02. The standard InChI is InChI=1S/C15H21BrN4S/c16-15-8-11(10-21-15)14(18-17)9-12-6-7-20(19-12)13-4-2-1-3-5-13/h6-8,10,13-14,18H,1-5,9,17H2. The first-order valence-corrected chi connectivity index (χ1v) is 9.17. The highest BCUT2D eigenvalue weighted by Gasteiger charge is 2.18. The molecule has 6 heteroatoms. The molecule has 1 atom stereocenters. The Morgan fingerprint density at radius 3 is 2.90 bits per heavy atom. The smallest absolute Gasteiger partial charge is 0.0701 e. The Morgan fingerprint density at radius 1 is 1.43 bits per heavy atom. The van der Waals surface area contributed by atoms with E-state index in [1.807, 2.05) is 0 Å². The van der Waals surface area contributed by atoms with Crippen LogP contribution in [0.25, 0.3) is 0 Å². The maximum atomic E-state index is 5.72. The second-order valence-corrected chi connectivity index (χ2v) is 7.98. The molecule has 0 saturated heterocycles. The van der Waals surface area contributed by atoms with Crippen molar-refractivity contribution in [3.63, 3.8) is 0 Å². The van der Waals surface area contributed by atoms with Crippen LogP contribution in [0.15, 0.2) is 27.5 Å². The third-order valence-corrected chi connectivity index (χ3v) is 5.74. The molecule has 3 rings (SSSR count). The second-order valence-electron chi connectivity index (χ2n) is 5.69. The van der Waals surface area contributed by atoms with Crippen molar-refractivity contribution >= 4 is 27.3 Å². The van der Waals surface area contributed by atoms with Gasteiger partial charge in [-0.05, 0) is 51.8 Å². The van der Waals surface area contributed by atoms with E-state index in [1.54, 1.807) is 11.3 Å². The number of hydrazine groups is 1. The number of nitrogens with two attached hydrogens (primary N) is 1. The second kappa shape index (κ2) is 7.05. The van der Waals surface area contributed by atoms with Crippen molar-refractivity contribution in [2.45, 2.75) is 50.6 Å². The monoisotopic (exact) mass is 368 g/mol. The Hall–Kier alpha value is -0.690. The minimum Gasteiger partial charge on any atom is -0.271 e. The van der Waals surface area contributed by atoms with Crippen LogP contribution in [0, 0.1) is 0 Å². The lowest BCUT2D eigenvalue weighted by atomic mass is 9.96. The van der Waals surface area contributed by atoms with Gasteiger partial charge in [0.1, 0.15) is 0 Å². The van der Waals surface area contributed by atoms with Gasteiger partial charge in [0.25, 0.3) is 0 Å². The average molecular weight is 369 g/mol. The van der Waals surface area contributed by atoms with E-state index in [1.165, 1.54) is 37.7 Å². The number of hydrogen-bond donors (Lipinski definition) is 2. The largest absolute Gasteiger partial charge is 0.271 e. The third-order valence-electron chi connectivity index (χ3n) is 4.22. The molecule has 2 heterocycles. The lowest BCUT2D eigenvalue weighted by Gasteiger charge is -2.22. The molecule has 1 saturated carbocycles. The van der Waals surface area contributed by atoms with Gasteiger partial charge in [0.15, 0.2) is 0 Å². The van der Waals surface area contributed by atoms with Gasteiger partial charge in [-0.1, -0.05) is 19.3 Å². The van der Waals surface area contributed by atoms with Gasteiger partial charge in [0, 0.05) is 12.6 Å². The van der Waals surface area contributed by atoms with Crippen LogP contribution in [0.3, 0.4) is 0 Å². The maximum Gasteiger partial charge on any atom is 0.0701 e. The summed E-state index contributed by atoms with van der Waals surface area (Å²) in [4.78, 5) is 0. The van der Waals surface area contributed by atoms with Gasteiger partial charge in [-0.2, -0.15) is 5.10 Å². The zero-order chi connectivity index (χ0) is 14.7. The fourth-order valence-corrected chi connectivity index (χ4v) is 4.25. The molecular formula is C15H21BrN4S. The first kappa shape index (κ1) is 15.2. The first-order chi connectivity index (χ1) is 10.3. The summed E-state index contributed by atoms with van der Waals surface area (Å²) in [5.41, 5.74) is 5.22. The van der Waals surface area contributed by atoms with Crippen LogP contribution in [-0.2, 0) is 6.42 Å². The van der Waals surface area contributed by atoms with Gasteiger partial charge in [-0.25, -0.2) is 0 Å². The molecule has 3 N–H and O–H groups in total. The van der Waals surface area contributed by atoms with Crippen LogP contribution in [0.2, 0.25) is 0 Å². The summed E-state index contributed by atoms with van der Waals surface area (Å²) in [5, 5.41) is 6.90. The van der Waals surface area contributed by atoms with E-state index < -0.39 is 0 Å². The summed E-state index contributed by atoms with van der Waals surface area (Å²) in [7, 11) is 0. The zero-order valence-electron chi connectivity index (χ0n) is 12.0. The number of thiophene rings is 1. The Bertz CT molecular complexity index is 574. The van der Waals surface area contributed by atoms with Crippen molar-refractivity contribution in [1.29, 1.82) is 0 Å². The van der Waals surface area contributed by atoms with Crippen LogP contribution >= 0.6 is 27.3 Å². The van der Waals surface area contributed by atoms with Crippen molar-refractivity contribution in [2.24, 2.45) is 5.84 Å². The number of halogens is 1. The van der Waals surface area contributed by atoms with E-state index in [0.717, 1.165) is 15.9 Å². The summed E-state index contributed by atoms with van der Waals surface area (Å²) in [6.07, 6.45) is 9.50. The lowest BCUT2D eigenvalue weighted by Crippen LogP contribution is -2.29. The van der Waals surface area contributed by atoms with Crippen molar-refractivity contribution in [2.75, 3.05) is 0 Å². The number of nitrogens with zero attached hydrogens (tertiary/aromatic N) is 2. The highest BCUT2D eigenvalue weighted by Crippen LogP contribution is 2.29. The van der Waals surface area contributed by atoms with Gasteiger partial charge >= 0.3 is 0 Å². The molecule has 114 valence electrons. The van der Waals surface area contributed by atoms with Gasteiger partial charge < -0.3 is 0 Å².